The first-order valence-corrected chi connectivity index (χ1v) is 27.8. The number of esters is 2. The van der Waals surface area contributed by atoms with Gasteiger partial charge in [-0.2, -0.15) is 0 Å². The summed E-state index contributed by atoms with van der Waals surface area (Å²) in [6.07, 6.45) is 62.6. The van der Waals surface area contributed by atoms with Gasteiger partial charge in [0.2, 0.25) is 0 Å². The third-order valence-electron chi connectivity index (χ3n) is 12.4. The maximum Gasteiger partial charge on any atom is 0.306 e. The van der Waals surface area contributed by atoms with Crippen LogP contribution in [-0.4, -0.2) is 75.5 Å². The zero-order valence-electron chi connectivity index (χ0n) is 44.3. The third kappa shape index (κ3) is 47.9. The predicted molar refractivity (Wildman–Crippen MR) is 282 cm³/mol. The minimum atomic E-state index is -1.13. The van der Waals surface area contributed by atoms with Crippen LogP contribution >= 0.6 is 0 Å². The second kappa shape index (κ2) is 49.5. The number of rotatable bonds is 50. The Labute approximate surface area is 413 Å². The van der Waals surface area contributed by atoms with Crippen molar-refractivity contribution in [2.24, 2.45) is 0 Å². The van der Waals surface area contributed by atoms with Crippen LogP contribution in [0.3, 0.4) is 0 Å². The molecular weight excluding hydrogens is 835 g/mol. The van der Waals surface area contributed by atoms with Gasteiger partial charge in [-0.1, -0.05) is 229 Å². The Bertz CT molecular complexity index is 1280. The molecule has 8 nitrogen and oxygen atoms in total. The van der Waals surface area contributed by atoms with E-state index in [2.05, 4.69) is 74.6 Å². The van der Waals surface area contributed by atoms with E-state index in [1.807, 2.05) is 0 Å². The van der Waals surface area contributed by atoms with Gasteiger partial charge < -0.3 is 28.6 Å². The molecule has 0 aromatic rings. The van der Waals surface area contributed by atoms with Gasteiger partial charge in [-0.25, -0.2) is 0 Å². The van der Waals surface area contributed by atoms with Gasteiger partial charge in [-0.3, -0.25) is 9.59 Å². The van der Waals surface area contributed by atoms with Crippen LogP contribution in [0.5, 0.6) is 0 Å². The zero-order chi connectivity index (χ0) is 49.2. The smallest absolute Gasteiger partial charge is 0.306 e. The Morgan fingerprint density at radius 1 is 0.463 bits per heavy atom. The summed E-state index contributed by atoms with van der Waals surface area (Å²) in [7, 11) is 5.42. The first kappa shape index (κ1) is 64.0. The molecule has 0 bridgehead atoms. The van der Waals surface area contributed by atoms with Crippen molar-refractivity contribution in [3.05, 3.63) is 60.8 Å². The summed E-state index contributed by atoms with van der Waals surface area (Å²) in [5, 5.41) is 11.7. The van der Waals surface area contributed by atoms with Gasteiger partial charge in [0.15, 0.2) is 6.10 Å². The molecule has 0 aromatic heterocycles. The molecule has 0 aromatic carbocycles. The van der Waals surface area contributed by atoms with Crippen LogP contribution in [0.25, 0.3) is 0 Å². The van der Waals surface area contributed by atoms with E-state index >= 15 is 0 Å². The van der Waals surface area contributed by atoms with Gasteiger partial charge in [0.25, 0.3) is 0 Å². The van der Waals surface area contributed by atoms with Gasteiger partial charge in [0.1, 0.15) is 12.6 Å². The normalized spacial score (nSPS) is 13.3. The van der Waals surface area contributed by atoms with Gasteiger partial charge >= 0.3 is 11.9 Å². The van der Waals surface area contributed by atoms with Crippen molar-refractivity contribution < 1.29 is 38.2 Å². The molecule has 0 heterocycles. The molecule has 8 heteroatoms. The lowest BCUT2D eigenvalue weighted by molar-refractivity contribution is -0.889. The van der Waals surface area contributed by atoms with E-state index in [0.717, 1.165) is 83.5 Å². The van der Waals surface area contributed by atoms with Crippen LogP contribution in [0.15, 0.2) is 60.8 Å². The number of allylic oxidation sites excluding steroid dienone is 10. The topological polar surface area (TPSA) is 102 Å². The summed E-state index contributed by atoms with van der Waals surface area (Å²) >= 11 is 0. The Hall–Kier alpha value is -2.97. The highest BCUT2D eigenvalue weighted by Gasteiger charge is 2.25. The van der Waals surface area contributed by atoms with E-state index in [1.54, 1.807) is 21.1 Å². The third-order valence-corrected chi connectivity index (χ3v) is 12.4. The van der Waals surface area contributed by atoms with Gasteiger partial charge in [0.05, 0.1) is 40.3 Å². The van der Waals surface area contributed by atoms with E-state index in [4.69, 9.17) is 14.2 Å². The fraction of sp³-hybridized carbons (Fsp3) is 0.780. The number of carbonyl (C=O) groups is 3. The largest absolute Gasteiger partial charge is 0.544 e. The van der Waals surface area contributed by atoms with Gasteiger partial charge in [-0.15, -0.1) is 0 Å². The van der Waals surface area contributed by atoms with Crippen LogP contribution in [0.2, 0.25) is 0 Å². The monoisotopic (exact) mass is 940 g/mol. The number of likely N-dealkylation sites (N-methyl/N-ethyl adjacent to an activating group) is 1. The highest BCUT2D eigenvalue weighted by atomic mass is 16.6. The number of hydrogen-bond acceptors (Lipinski definition) is 7. The van der Waals surface area contributed by atoms with Crippen molar-refractivity contribution in [1.82, 2.24) is 0 Å². The maximum atomic E-state index is 12.8. The Morgan fingerprint density at radius 3 is 1.24 bits per heavy atom. The minimum Gasteiger partial charge on any atom is -0.544 e. The van der Waals surface area contributed by atoms with Crippen molar-refractivity contribution in [3.63, 3.8) is 0 Å². The van der Waals surface area contributed by atoms with E-state index < -0.39 is 18.1 Å². The molecule has 0 aliphatic heterocycles. The molecule has 0 amide bonds. The molecule has 0 spiro atoms. The second-order valence-corrected chi connectivity index (χ2v) is 19.8. The molecule has 388 valence electrons. The highest BCUT2D eigenvalue weighted by molar-refractivity contribution is 5.70. The molecule has 0 aliphatic rings. The Balaban J connectivity index is 4.22. The number of carboxylic acid groups (broad SMARTS) is 1. The molecule has 0 N–H and O–H groups in total. The molecule has 67 heavy (non-hydrogen) atoms. The summed E-state index contributed by atoms with van der Waals surface area (Å²) in [5.74, 6) is -1.74. The number of carboxylic acids is 1. The van der Waals surface area contributed by atoms with Crippen LogP contribution in [0, 0.1) is 0 Å². The van der Waals surface area contributed by atoms with Gasteiger partial charge in [-0.05, 0) is 57.8 Å². The van der Waals surface area contributed by atoms with Crippen molar-refractivity contribution in [3.8, 4) is 0 Å². The summed E-state index contributed by atoms with van der Waals surface area (Å²) in [6.45, 7) is 4.57. The predicted octanol–water partition coefficient (Wildman–Crippen LogP) is 15.1. The number of quaternary nitrogens is 1. The standard InChI is InChI=1S/C59H105NO7/c1-6-8-10-12-14-16-18-20-22-24-26-28-30-32-34-36-38-40-42-44-46-48-50-58(62)67-55(53-65-52-51-56(59(63)64)60(3,4)5)54-66-57(61)49-47-45-43-41-39-37-35-33-31-29-27-25-23-21-19-17-15-13-11-9-7-2/h8,10,14,16,20,22,26,28,32,34,55-56H,6-7,9,11-13,15,17-19,21,23-25,27,29-31,33,35-54H2,1-5H3/b10-8+,16-14+,22-20+,28-26+,34-32+. The average molecular weight is 940 g/mol. The van der Waals surface area contributed by atoms with Crippen molar-refractivity contribution in [2.45, 2.75) is 257 Å². The fourth-order valence-corrected chi connectivity index (χ4v) is 8.16. The number of nitrogens with zero attached hydrogens (tertiary/aromatic N) is 1. The number of carbonyl (C=O) groups excluding carboxylic acids is 3. The molecular formula is C59H105NO7. The summed E-state index contributed by atoms with van der Waals surface area (Å²) in [5.41, 5.74) is 0. The second-order valence-electron chi connectivity index (χ2n) is 19.8. The van der Waals surface area contributed by atoms with E-state index in [9.17, 15) is 19.5 Å². The van der Waals surface area contributed by atoms with Crippen molar-refractivity contribution >= 4 is 17.9 Å². The molecule has 0 fully saturated rings. The number of unbranched alkanes of at least 4 members (excludes halogenated alkanes) is 26. The Morgan fingerprint density at radius 2 is 0.836 bits per heavy atom. The van der Waals surface area contributed by atoms with E-state index in [-0.39, 0.29) is 42.7 Å². The lowest BCUT2D eigenvalue weighted by Gasteiger charge is -2.34. The summed E-state index contributed by atoms with van der Waals surface area (Å²) in [6, 6.07) is -0.731. The van der Waals surface area contributed by atoms with Crippen molar-refractivity contribution in [1.29, 1.82) is 0 Å². The van der Waals surface area contributed by atoms with Crippen LogP contribution in [0.1, 0.15) is 245 Å². The van der Waals surface area contributed by atoms with E-state index in [1.165, 1.54) is 128 Å². The molecule has 2 atom stereocenters. The molecule has 0 saturated heterocycles. The first-order valence-electron chi connectivity index (χ1n) is 27.8. The zero-order valence-corrected chi connectivity index (χ0v) is 44.3. The molecule has 0 radical (unpaired) electrons. The lowest BCUT2D eigenvalue weighted by Crippen LogP contribution is -2.55. The summed E-state index contributed by atoms with van der Waals surface area (Å²) in [4.78, 5) is 37.1. The molecule has 0 aliphatic carbocycles. The Kier molecular flexibility index (Phi) is 47.3. The lowest BCUT2D eigenvalue weighted by atomic mass is 10.0. The molecule has 0 saturated carbocycles. The van der Waals surface area contributed by atoms with Crippen LogP contribution < -0.4 is 5.11 Å². The first-order chi connectivity index (χ1) is 32.6. The van der Waals surface area contributed by atoms with E-state index in [0.29, 0.717) is 12.8 Å². The summed E-state index contributed by atoms with van der Waals surface area (Å²) < 4.78 is 17.3. The fourth-order valence-electron chi connectivity index (χ4n) is 8.16. The number of aliphatic carboxylic acids is 1. The molecule has 0 rings (SSSR count). The SMILES string of the molecule is CC/C=C/C/C=C/C/C=C/C/C=C/C/C=C/CCCCCCCCC(=O)OC(COCCC(C(=O)[O-])[N+](C)(C)C)COC(=O)CCCCCCCCCCCCCCCCCCCCCCC. The average Bonchev–Trinajstić information content (AvgIpc) is 3.29. The molecule has 2 unspecified atom stereocenters. The highest BCUT2D eigenvalue weighted by Crippen LogP contribution is 2.16. The quantitative estimate of drug-likeness (QED) is 0.0259. The maximum absolute atomic E-state index is 12.8. The van der Waals surface area contributed by atoms with Gasteiger partial charge in [0, 0.05) is 19.3 Å². The van der Waals surface area contributed by atoms with Crippen LogP contribution in [0.4, 0.5) is 0 Å². The minimum absolute atomic E-state index is 0.0349. The van der Waals surface area contributed by atoms with Crippen molar-refractivity contribution in [2.75, 3.05) is 41.0 Å². The van der Waals surface area contributed by atoms with Crippen LogP contribution in [-0.2, 0) is 28.6 Å². The number of hydrogen-bond donors (Lipinski definition) is 0. The number of ether oxygens (including phenoxy) is 3.